The summed E-state index contributed by atoms with van der Waals surface area (Å²) in [7, 11) is 0. The van der Waals surface area contributed by atoms with Gasteiger partial charge in [0.05, 0.1) is 0 Å². The summed E-state index contributed by atoms with van der Waals surface area (Å²) in [5.41, 5.74) is 0.606. The molecule has 0 amide bonds. The fourth-order valence-electron chi connectivity index (χ4n) is 3.30. The maximum Gasteiger partial charge on any atom is 0.00498 e. The highest BCUT2D eigenvalue weighted by Gasteiger charge is 2.33. The predicted octanol–water partition coefficient (Wildman–Crippen LogP) is 4.79. The summed E-state index contributed by atoms with van der Waals surface area (Å²) >= 11 is 6.88. The molecule has 2 aliphatic carbocycles. The molecule has 0 heterocycles. The Morgan fingerprint density at radius 2 is 1.94 bits per heavy atom. The van der Waals surface area contributed by atoms with Crippen LogP contribution in [0.1, 0.15) is 58.3 Å². The van der Waals surface area contributed by atoms with Crippen LogP contribution in [0.25, 0.3) is 0 Å². The van der Waals surface area contributed by atoms with E-state index in [1.165, 1.54) is 57.1 Å². The molecule has 2 heteroatoms. The standard InChI is InChI=1S/C14H26S2/c1-12-5-4-6-13(9-12)16-11-14(10-15)7-2-3-8-14/h12-13,15H,2-11H2,1H3. The van der Waals surface area contributed by atoms with Crippen molar-refractivity contribution < 1.29 is 0 Å². The molecule has 0 aliphatic heterocycles. The van der Waals surface area contributed by atoms with Crippen molar-refractivity contribution in [2.45, 2.75) is 63.5 Å². The zero-order chi connectivity index (χ0) is 11.4. The van der Waals surface area contributed by atoms with E-state index in [4.69, 9.17) is 0 Å². The smallest absolute Gasteiger partial charge is 0.00498 e. The van der Waals surface area contributed by atoms with Crippen LogP contribution in [0.3, 0.4) is 0 Å². The number of thiol groups is 1. The van der Waals surface area contributed by atoms with Crippen LogP contribution in [-0.4, -0.2) is 16.8 Å². The number of hydrogen-bond acceptors (Lipinski definition) is 2. The van der Waals surface area contributed by atoms with Crippen molar-refractivity contribution in [1.82, 2.24) is 0 Å². The van der Waals surface area contributed by atoms with Gasteiger partial charge in [-0.1, -0.05) is 32.6 Å². The van der Waals surface area contributed by atoms with Gasteiger partial charge in [0.2, 0.25) is 0 Å². The van der Waals surface area contributed by atoms with Crippen molar-refractivity contribution in [1.29, 1.82) is 0 Å². The van der Waals surface area contributed by atoms with Crippen molar-refractivity contribution in [3.05, 3.63) is 0 Å². The Morgan fingerprint density at radius 1 is 1.19 bits per heavy atom. The molecule has 0 N–H and O–H groups in total. The summed E-state index contributed by atoms with van der Waals surface area (Å²) in [6, 6.07) is 0. The molecule has 0 aromatic carbocycles. The highest BCUT2D eigenvalue weighted by molar-refractivity contribution is 7.99. The van der Waals surface area contributed by atoms with E-state index in [9.17, 15) is 0 Å². The Balaban J connectivity index is 1.77. The van der Waals surface area contributed by atoms with Crippen LogP contribution in [0.5, 0.6) is 0 Å². The third-order valence-electron chi connectivity index (χ3n) is 4.51. The molecule has 0 aromatic heterocycles. The minimum Gasteiger partial charge on any atom is -0.179 e. The van der Waals surface area contributed by atoms with E-state index in [0.717, 1.165) is 16.9 Å². The lowest BCUT2D eigenvalue weighted by atomic mass is 9.90. The van der Waals surface area contributed by atoms with Crippen LogP contribution in [-0.2, 0) is 0 Å². The molecule has 0 spiro atoms. The van der Waals surface area contributed by atoms with Crippen LogP contribution in [0.4, 0.5) is 0 Å². The van der Waals surface area contributed by atoms with Gasteiger partial charge < -0.3 is 0 Å². The van der Waals surface area contributed by atoms with Gasteiger partial charge in [-0.2, -0.15) is 24.4 Å². The first-order chi connectivity index (χ1) is 7.74. The molecule has 2 fully saturated rings. The molecular formula is C14H26S2. The molecule has 94 valence electrons. The minimum atomic E-state index is 0.606. The van der Waals surface area contributed by atoms with Crippen molar-refractivity contribution in [2.24, 2.45) is 11.3 Å². The predicted molar refractivity (Wildman–Crippen MR) is 78.6 cm³/mol. The third kappa shape index (κ3) is 3.35. The van der Waals surface area contributed by atoms with Crippen LogP contribution < -0.4 is 0 Å². The summed E-state index contributed by atoms with van der Waals surface area (Å²) in [6.07, 6.45) is 11.6. The summed E-state index contributed by atoms with van der Waals surface area (Å²) < 4.78 is 0. The first-order valence-corrected chi connectivity index (χ1v) is 8.65. The largest absolute Gasteiger partial charge is 0.179 e. The summed E-state index contributed by atoms with van der Waals surface area (Å²) in [6.45, 7) is 2.43. The molecular weight excluding hydrogens is 232 g/mol. The Hall–Kier alpha value is 0.700. The molecule has 16 heavy (non-hydrogen) atoms. The highest BCUT2D eigenvalue weighted by atomic mass is 32.2. The second kappa shape index (κ2) is 6.04. The topological polar surface area (TPSA) is 0 Å². The highest BCUT2D eigenvalue weighted by Crippen LogP contribution is 2.44. The van der Waals surface area contributed by atoms with Gasteiger partial charge in [0.15, 0.2) is 0 Å². The molecule has 0 aromatic rings. The number of thioether (sulfide) groups is 1. The van der Waals surface area contributed by atoms with Crippen LogP contribution in [0.15, 0.2) is 0 Å². The maximum absolute atomic E-state index is 4.60. The second-order valence-corrected chi connectivity index (χ2v) is 7.67. The molecule has 2 aliphatic rings. The molecule has 0 radical (unpaired) electrons. The average Bonchev–Trinajstić information content (AvgIpc) is 2.76. The first kappa shape index (κ1) is 13.1. The lowest BCUT2D eigenvalue weighted by molar-refractivity contribution is 0.384. The maximum atomic E-state index is 4.60. The Morgan fingerprint density at radius 3 is 2.56 bits per heavy atom. The lowest BCUT2D eigenvalue weighted by Crippen LogP contribution is -2.25. The van der Waals surface area contributed by atoms with Gasteiger partial charge in [0, 0.05) is 5.25 Å². The molecule has 0 bridgehead atoms. The van der Waals surface area contributed by atoms with Gasteiger partial charge in [-0.05, 0) is 48.5 Å². The van der Waals surface area contributed by atoms with Crippen LogP contribution in [0.2, 0.25) is 0 Å². The van der Waals surface area contributed by atoms with Gasteiger partial charge in [-0.25, -0.2) is 0 Å². The molecule has 2 atom stereocenters. The first-order valence-electron chi connectivity index (χ1n) is 6.97. The van der Waals surface area contributed by atoms with Gasteiger partial charge in [-0.15, -0.1) is 0 Å². The number of hydrogen-bond donors (Lipinski definition) is 1. The van der Waals surface area contributed by atoms with E-state index in [1.807, 2.05) is 0 Å². The van der Waals surface area contributed by atoms with Gasteiger partial charge >= 0.3 is 0 Å². The lowest BCUT2D eigenvalue weighted by Gasteiger charge is -2.31. The van der Waals surface area contributed by atoms with E-state index in [2.05, 4.69) is 31.3 Å². The van der Waals surface area contributed by atoms with E-state index in [1.54, 1.807) is 0 Å². The Kier molecular flexibility index (Phi) is 4.96. The van der Waals surface area contributed by atoms with Gasteiger partial charge in [-0.3, -0.25) is 0 Å². The molecule has 2 unspecified atom stereocenters. The minimum absolute atomic E-state index is 0.606. The van der Waals surface area contributed by atoms with E-state index in [-0.39, 0.29) is 0 Å². The summed E-state index contributed by atoms with van der Waals surface area (Å²) in [5, 5.41) is 0.959. The van der Waals surface area contributed by atoms with E-state index >= 15 is 0 Å². The van der Waals surface area contributed by atoms with Crippen molar-refractivity contribution in [3.63, 3.8) is 0 Å². The fraction of sp³-hybridized carbons (Fsp3) is 1.00. The third-order valence-corrected chi connectivity index (χ3v) is 6.86. The molecule has 2 saturated carbocycles. The number of rotatable bonds is 4. The quantitative estimate of drug-likeness (QED) is 0.708. The average molecular weight is 258 g/mol. The van der Waals surface area contributed by atoms with Crippen molar-refractivity contribution >= 4 is 24.4 Å². The summed E-state index contributed by atoms with van der Waals surface area (Å²) in [5.74, 6) is 3.47. The zero-order valence-electron chi connectivity index (χ0n) is 10.6. The fourth-order valence-corrected chi connectivity index (χ4v) is 5.65. The van der Waals surface area contributed by atoms with E-state index in [0.29, 0.717) is 5.41 Å². The zero-order valence-corrected chi connectivity index (χ0v) is 12.3. The van der Waals surface area contributed by atoms with Crippen LogP contribution >= 0.6 is 24.4 Å². The second-order valence-electron chi connectivity index (χ2n) is 6.07. The normalized spacial score (nSPS) is 34.1. The van der Waals surface area contributed by atoms with Crippen molar-refractivity contribution in [2.75, 3.05) is 11.5 Å². The molecule has 2 rings (SSSR count). The monoisotopic (exact) mass is 258 g/mol. The van der Waals surface area contributed by atoms with E-state index < -0.39 is 0 Å². The Bertz CT molecular complexity index is 209. The van der Waals surface area contributed by atoms with Crippen molar-refractivity contribution in [3.8, 4) is 0 Å². The molecule has 0 nitrogen and oxygen atoms in total. The summed E-state index contributed by atoms with van der Waals surface area (Å²) in [4.78, 5) is 0. The molecule has 0 saturated heterocycles. The SMILES string of the molecule is CC1CCCC(SCC2(CS)CCCC2)C1. The van der Waals surface area contributed by atoms with Crippen LogP contribution in [0, 0.1) is 11.3 Å². The van der Waals surface area contributed by atoms with Gasteiger partial charge in [0.1, 0.15) is 0 Å². The van der Waals surface area contributed by atoms with Gasteiger partial charge in [0.25, 0.3) is 0 Å². The Labute approximate surface area is 111 Å².